The molecule has 17 heavy (non-hydrogen) atoms. The monoisotopic (exact) mass is 238 g/mol. The van der Waals surface area contributed by atoms with Gasteiger partial charge in [-0.2, -0.15) is 0 Å². The first-order valence-electron chi connectivity index (χ1n) is 5.98. The van der Waals surface area contributed by atoms with Crippen LogP contribution in [0, 0.1) is 12.7 Å². The topological polar surface area (TPSA) is 38.5 Å². The summed E-state index contributed by atoms with van der Waals surface area (Å²) >= 11 is 0. The van der Waals surface area contributed by atoms with Crippen molar-refractivity contribution in [3.05, 3.63) is 35.1 Å². The van der Waals surface area contributed by atoms with Crippen molar-refractivity contribution in [1.82, 2.24) is 4.90 Å². The molecule has 1 aromatic rings. The molecule has 2 N–H and O–H groups in total. The molecule has 2 rings (SSSR count). The molecular formula is C13H19FN2O. The normalized spacial score (nSPS) is 21.7. The van der Waals surface area contributed by atoms with Gasteiger partial charge < -0.3 is 10.5 Å². The van der Waals surface area contributed by atoms with Crippen molar-refractivity contribution in [3.8, 4) is 0 Å². The zero-order chi connectivity index (χ0) is 12.3. The number of benzene rings is 1. The third-order valence-electron chi connectivity index (χ3n) is 3.11. The van der Waals surface area contributed by atoms with E-state index in [0.29, 0.717) is 12.1 Å². The van der Waals surface area contributed by atoms with Crippen molar-refractivity contribution in [3.63, 3.8) is 0 Å². The summed E-state index contributed by atoms with van der Waals surface area (Å²) in [5.74, 6) is -0.143. The van der Waals surface area contributed by atoms with Crippen LogP contribution in [0.4, 0.5) is 4.39 Å². The van der Waals surface area contributed by atoms with E-state index in [2.05, 4.69) is 4.90 Å². The van der Waals surface area contributed by atoms with Crippen molar-refractivity contribution in [2.45, 2.75) is 19.6 Å². The molecule has 1 aliphatic heterocycles. The maximum atomic E-state index is 13.1. The summed E-state index contributed by atoms with van der Waals surface area (Å²) in [6, 6.07) is 5.28. The molecule has 4 heteroatoms. The van der Waals surface area contributed by atoms with Crippen LogP contribution >= 0.6 is 0 Å². The minimum atomic E-state index is -0.143. The van der Waals surface area contributed by atoms with Gasteiger partial charge in [0.05, 0.1) is 12.7 Å². The van der Waals surface area contributed by atoms with Crippen LogP contribution in [0.25, 0.3) is 0 Å². The Hall–Kier alpha value is -0.970. The Morgan fingerprint density at radius 1 is 1.53 bits per heavy atom. The van der Waals surface area contributed by atoms with Crippen LogP contribution in [0.1, 0.15) is 11.1 Å². The molecule has 94 valence electrons. The van der Waals surface area contributed by atoms with Gasteiger partial charge in [-0.05, 0) is 24.1 Å². The quantitative estimate of drug-likeness (QED) is 0.862. The van der Waals surface area contributed by atoms with Crippen molar-refractivity contribution in [1.29, 1.82) is 0 Å². The number of hydrogen-bond donors (Lipinski definition) is 1. The minimum absolute atomic E-state index is 0.130. The number of rotatable bonds is 3. The van der Waals surface area contributed by atoms with E-state index in [1.165, 1.54) is 6.07 Å². The lowest BCUT2D eigenvalue weighted by Gasteiger charge is -2.32. The van der Waals surface area contributed by atoms with Crippen LogP contribution in [-0.2, 0) is 11.3 Å². The molecule has 1 aromatic carbocycles. The fraction of sp³-hybridized carbons (Fsp3) is 0.538. The standard InChI is InChI=1S/C13H19FN2O/c1-10-6-11(2-3-13(10)14)8-16-4-5-17-12(7-15)9-16/h2-3,6,12H,4-5,7-9,15H2,1H3. The number of nitrogens with zero attached hydrogens (tertiary/aromatic N) is 1. The number of morpholine rings is 1. The van der Waals surface area contributed by atoms with Crippen LogP contribution in [-0.4, -0.2) is 37.2 Å². The van der Waals surface area contributed by atoms with E-state index < -0.39 is 0 Å². The van der Waals surface area contributed by atoms with E-state index in [4.69, 9.17) is 10.5 Å². The van der Waals surface area contributed by atoms with Gasteiger partial charge >= 0.3 is 0 Å². The van der Waals surface area contributed by atoms with Crippen LogP contribution in [0.3, 0.4) is 0 Å². The Kier molecular flexibility index (Phi) is 4.10. The molecule has 3 nitrogen and oxygen atoms in total. The van der Waals surface area contributed by atoms with Gasteiger partial charge in [0.2, 0.25) is 0 Å². The molecule has 0 aromatic heterocycles. The Labute approximate surface area is 101 Å². The predicted octanol–water partition coefficient (Wildman–Crippen LogP) is 1.29. The lowest BCUT2D eigenvalue weighted by atomic mass is 10.1. The van der Waals surface area contributed by atoms with Gasteiger partial charge in [0.1, 0.15) is 5.82 Å². The molecule has 1 aliphatic rings. The summed E-state index contributed by atoms with van der Waals surface area (Å²) in [5, 5.41) is 0. The minimum Gasteiger partial charge on any atom is -0.374 e. The number of halogens is 1. The van der Waals surface area contributed by atoms with E-state index in [9.17, 15) is 4.39 Å². The Morgan fingerprint density at radius 2 is 2.35 bits per heavy atom. The van der Waals surface area contributed by atoms with Gasteiger partial charge in [-0.15, -0.1) is 0 Å². The van der Waals surface area contributed by atoms with Crippen molar-refractivity contribution in [2.75, 3.05) is 26.2 Å². The second kappa shape index (κ2) is 5.58. The molecule has 0 aliphatic carbocycles. The third-order valence-corrected chi connectivity index (χ3v) is 3.11. The average Bonchev–Trinajstić information content (AvgIpc) is 2.34. The smallest absolute Gasteiger partial charge is 0.126 e. The van der Waals surface area contributed by atoms with Gasteiger partial charge in [-0.1, -0.05) is 12.1 Å². The number of nitrogens with two attached hydrogens (primary N) is 1. The highest BCUT2D eigenvalue weighted by atomic mass is 19.1. The van der Waals surface area contributed by atoms with E-state index in [-0.39, 0.29) is 11.9 Å². The molecule has 1 heterocycles. The van der Waals surface area contributed by atoms with Gasteiger partial charge in [0, 0.05) is 26.2 Å². The fourth-order valence-electron chi connectivity index (χ4n) is 2.13. The van der Waals surface area contributed by atoms with Crippen LogP contribution < -0.4 is 5.73 Å². The molecule has 1 unspecified atom stereocenters. The largest absolute Gasteiger partial charge is 0.374 e. The number of ether oxygens (including phenoxy) is 1. The van der Waals surface area contributed by atoms with Crippen LogP contribution in [0.15, 0.2) is 18.2 Å². The maximum absolute atomic E-state index is 13.1. The van der Waals surface area contributed by atoms with Gasteiger partial charge in [-0.3, -0.25) is 4.90 Å². The second-order valence-corrected chi connectivity index (χ2v) is 4.55. The highest BCUT2D eigenvalue weighted by Gasteiger charge is 2.19. The van der Waals surface area contributed by atoms with E-state index in [0.717, 1.165) is 31.8 Å². The van der Waals surface area contributed by atoms with E-state index in [1.54, 1.807) is 6.92 Å². The average molecular weight is 238 g/mol. The molecule has 0 spiro atoms. The molecule has 0 amide bonds. The molecule has 1 saturated heterocycles. The predicted molar refractivity (Wildman–Crippen MR) is 65.2 cm³/mol. The zero-order valence-electron chi connectivity index (χ0n) is 10.2. The lowest BCUT2D eigenvalue weighted by molar-refractivity contribution is -0.0260. The van der Waals surface area contributed by atoms with E-state index >= 15 is 0 Å². The first kappa shape index (κ1) is 12.5. The maximum Gasteiger partial charge on any atom is 0.126 e. The number of hydrogen-bond acceptors (Lipinski definition) is 3. The highest BCUT2D eigenvalue weighted by molar-refractivity contribution is 5.23. The van der Waals surface area contributed by atoms with E-state index in [1.807, 2.05) is 12.1 Å². The molecular weight excluding hydrogens is 219 g/mol. The molecule has 1 fully saturated rings. The first-order chi connectivity index (χ1) is 8.19. The Bertz CT molecular complexity index is 384. The Balaban J connectivity index is 1.97. The molecule has 0 bridgehead atoms. The Morgan fingerprint density at radius 3 is 3.06 bits per heavy atom. The molecule has 1 atom stereocenters. The van der Waals surface area contributed by atoms with Crippen molar-refractivity contribution >= 4 is 0 Å². The second-order valence-electron chi connectivity index (χ2n) is 4.55. The summed E-state index contributed by atoms with van der Waals surface area (Å²) in [5.41, 5.74) is 7.44. The number of aryl methyl sites for hydroxylation is 1. The summed E-state index contributed by atoms with van der Waals surface area (Å²) < 4.78 is 18.7. The summed E-state index contributed by atoms with van der Waals surface area (Å²) in [7, 11) is 0. The van der Waals surface area contributed by atoms with Gasteiger partial charge in [-0.25, -0.2) is 4.39 Å². The van der Waals surface area contributed by atoms with Crippen LogP contribution in [0.2, 0.25) is 0 Å². The summed E-state index contributed by atoms with van der Waals surface area (Å²) in [6.45, 7) is 5.67. The van der Waals surface area contributed by atoms with Crippen molar-refractivity contribution in [2.24, 2.45) is 5.73 Å². The van der Waals surface area contributed by atoms with Crippen LogP contribution in [0.5, 0.6) is 0 Å². The summed E-state index contributed by atoms with van der Waals surface area (Å²) in [4.78, 5) is 2.30. The zero-order valence-corrected chi connectivity index (χ0v) is 10.2. The first-order valence-corrected chi connectivity index (χ1v) is 5.98. The van der Waals surface area contributed by atoms with Crippen molar-refractivity contribution < 1.29 is 9.13 Å². The lowest BCUT2D eigenvalue weighted by Crippen LogP contribution is -2.45. The third kappa shape index (κ3) is 3.25. The molecule has 0 saturated carbocycles. The highest BCUT2D eigenvalue weighted by Crippen LogP contribution is 2.13. The fourth-order valence-corrected chi connectivity index (χ4v) is 2.13. The molecule has 0 radical (unpaired) electrons. The van der Waals surface area contributed by atoms with Gasteiger partial charge in [0.25, 0.3) is 0 Å². The van der Waals surface area contributed by atoms with Gasteiger partial charge in [0.15, 0.2) is 0 Å². The summed E-state index contributed by atoms with van der Waals surface area (Å²) in [6.07, 6.45) is 0.130. The SMILES string of the molecule is Cc1cc(CN2CCOC(CN)C2)ccc1F.